The van der Waals surface area contributed by atoms with Gasteiger partial charge in [-0.05, 0) is 40.4 Å². The molecule has 1 aromatic heterocycles. The van der Waals surface area contributed by atoms with Crippen molar-refractivity contribution in [2.45, 2.75) is 39.1 Å². The average molecular weight is 383 g/mol. The third kappa shape index (κ3) is 4.80. The van der Waals surface area contributed by atoms with Gasteiger partial charge in [-0.25, -0.2) is 13.1 Å². The minimum Gasteiger partial charge on any atom is -0.315 e. The van der Waals surface area contributed by atoms with E-state index in [2.05, 4.69) is 53.7 Å². The van der Waals surface area contributed by atoms with Gasteiger partial charge >= 0.3 is 0 Å². The van der Waals surface area contributed by atoms with Crippen molar-refractivity contribution in [3.8, 4) is 0 Å². The van der Waals surface area contributed by atoms with E-state index in [4.69, 9.17) is 0 Å². The van der Waals surface area contributed by atoms with Crippen LogP contribution >= 0.6 is 27.3 Å². The number of thiophene rings is 1. The van der Waals surface area contributed by atoms with Crippen molar-refractivity contribution in [2.75, 3.05) is 13.6 Å². The Kier molecular flexibility index (Phi) is 6.22. The molecule has 7 heteroatoms. The lowest BCUT2D eigenvalue weighted by molar-refractivity contribution is 0.263. The lowest BCUT2D eigenvalue weighted by Crippen LogP contribution is -2.33. The van der Waals surface area contributed by atoms with Crippen molar-refractivity contribution in [1.82, 2.24) is 10.0 Å². The molecule has 4 nitrogen and oxygen atoms in total. The molecule has 0 aliphatic heterocycles. The second kappa shape index (κ2) is 6.87. The molecule has 1 rings (SSSR count). The van der Waals surface area contributed by atoms with Crippen molar-refractivity contribution >= 4 is 37.3 Å². The fourth-order valence-electron chi connectivity index (χ4n) is 1.46. The van der Waals surface area contributed by atoms with Gasteiger partial charge in [0.1, 0.15) is 4.90 Å². The summed E-state index contributed by atoms with van der Waals surface area (Å²) < 4.78 is 28.1. The van der Waals surface area contributed by atoms with Gasteiger partial charge in [0, 0.05) is 18.0 Å². The largest absolute Gasteiger partial charge is 0.315 e. The minimum absolute atomic E-state index is 0.0751. The maximum absolute atomic E-state index is 12.3. The fourth-order valence-corrected chi connectivity index (χ4v) is 5.28. The van der Waals surface area contributed by atoms with E-state index in [0.29, 0.717) is 21.8 Å². The number of halogens is 1. The van der Waals surface area contributed by atoms with Crippen molar-refractivity contribution in [1.29, 1.82) is 0 Å². The molecule has 0 aliphatic rings. The lowest BCUT2D eigenvalue weighted by Gasteiger charge is -2.27. The van der Waals surface area contributed by atoms with Gasteiger partial charge in [0.25, 0.3) is 0 Å². The summed E-state index contributed by atoms with van der Waals surface area (Å²) in [4.78, 5) is 1.32. The fraction of sp³-hybridized carbons (Fsp3) is 0.692. The Morgan fingerprint density at radius 3 is 2.50 bits per heavy atom. The first-order chi connectivity index (χ1) is 9.08. The third-order valence-corrected chi connectivity index (χ3v) is 7.08. The van der Waals surface area contributed by atoms with Crippen LogP contribution in [0, 0.1) is 11.3 Å². The molecule has 0 amide bonds. The molecule has 1 atom stereocenters. The summed E-state index contributed by atoms with van der Waals surface area (Å²) in [6.07, 6.45) is 0. The Hall–Kier alpha value is 0.0500. The van der Waals surface area contributed by atoms with Crippen LogP contribution in [0.2, 0.25) is 0 Å². The summed E-state index contributed by atoms with van der Waals surface area (Å²) in [5.41, 5.74) is 0.0751. The molecule has 1 aromatic rings. The molecular weight excluding hydrogens is 360 g/mol. The van der Waals surface area contributed by atoms with Crippen molar-refractivity contribution in [3.05, 3.63) is 14.7 Å². The average Bonchev–Trinajstić information content (AvgIpc) is 2.67. The highest BCUT2D eigenvalue weighted by Gasteiger charge is 2.25. The van der Waals surface area contributed by atoms with Crippen LogP contribution in [-0.2, 0) is 16.6 Å². The molecule has 0 fully saturated rings. The molecule has 1 heterocycles. The molecule has 0 bridgehead atoms. The minimum atomic E-state index is -3.46. The van der Waals surface area contributed by atoms with Crippen molar-refractivity contribution < 1.29 is 8.42 Å². The molecule has 0 saturated carbocycles. The summed E-state index contributed by atoms with van der Waals surface area (Å²) in [5.74, 6) is 0.256. The predicted octanol–water partition coefficient (Wildman–Crippen LogP) is 3.19. The first-order valence-electron chi connectivity index (χ1n) is 6.50. The number of rotatable bonds is 6. The summed E-state index contributed by atoms with van der Waals surface area (Å²) in [6, 6.07) is 1.72. The number of nitrogens with one attached hydrogen (secondary N) is 2. The van der Waals surface area contributed by atoms with Crippen LogP contribution in [0.4, 0.5) is 0 Å². The Morgan fingerprint density at radius 1 is 1.40 bits per heavy atom. The molecule has 0 saturated heterocycles. The molecule has 116 valence electrons. The van der Waals surface area contributed by atoms with E-state index >= 15 is 0 Å². The number of hydrogen-bond donors (Lipinski definition) is 2. The predicted molar refractivity (Wildman–Crippen MR) is 88.6 cm³/mol. The van der Waals surface area contributed by atoms with E-state index in [1.54, 1.807) is 6.07 Å². The maximum atomic E-state index is 12.3. The van der Waals surface area contributed by atoms with E-state index in [1.165, 1.54) is 11.3 Å². The maximum Gasteiger partial charge on any atom is 0.242 e. The van der Waals surface area contributed by atoms with Gasteiger partial charge in [0.15, 0.2) is 0 Å². The van der Waals surface area contributed by atoms with Crippen LogP contribution in [0.15, 0.2) is 14.7 Å². The monoisotopic (exact) mass is 382 g/mol. The van der Waals surface area contributed by atoms with E-state index < -0.39 is 10.0 Å². The SMILES string of the molecule is CNCc1cc(S(=O)(=O)NCC(C)C(C)(C)C)c(Br)s1. The van der Waals surface area contributed by atoms with Gasteiger partial charge in [-0.2, -0.15) is 0 Å². The Morgan fingerprint density at radius 2 is 2.00 bits per heavy atom. The van der Waals surface area contributed by atoms with Gasteiger partial charge in [0.2, 0.25) is 10.0 Å². The highest BCUT2D eigenvalue weighted by Crippen LogP contribution is 2.32. The molecule has 2 N–H and O–H groups in total. The summed E-state index contributed by atoms with van der Waals surface area (Å²) in [7, 11) is -1.62. The quantitative estimate of drug-likeness (QED) is 0.793. The van der Waals surface area contributed by atoms with Gasteiger partial charge < -0.3 is 5.32 Å². The molecule has 20 heavy (non-hydrogen) atoms. The smallest absolute Gasteiger partial charge is 0.242 e. The van der Waals surface area contributed by atoms with E-state index in [9.17, 15) is 8.42 Å². The second-order valence-corrected chi connectivity index (χ2v) is 10.2. The van der Waals surface area contributed by atoms with Gasteiger partial charge in [0.05, 0.1) is 3.79 Å². The molecule has 0 aromatic carbocycles. The topological polar surface area (TPSA) is 58.2 Å². The first kappa shape index (κ1) is 18.1. The Balaban J connectivity index is 2.84. The van der Waals surface area contributed by atoms with E-state index in [-0.39, 0.29) is 11.3 Å². The summed E-state index contributed by atoms with van der Waals surface area (Å²) >= 11 is 4.78. The van der Waals surface area contributed by atoms with E-state index in [1.807, 2.05) is 7.05 Å². The Bertz CT molecular complexity index is 547. The molecule has 0 aliphatic carbocycles. The van der Waals surface area contributed by atoms with Crippen LogP contribution in [-0.4, -0.2) is 22.0 Å². The number of hydrogen-bond acceptors (Lipinski definition) is 4. The van der Waals surface area contributed by atoms with Crippen molar-refractivity contribution in [3.63, 3.8) is 0 Å². The highest BCUT2D eigenvalue weighted by atomic mass is 79.9. The van der Waals surface area contributed by atoms with Crippen LogP contribution < -0.4 is 10.0 Å². The van der Waals surface area contributed by atoms with Crippen LogP contribution in [0.5, 0.6) is 0 Å². The zero-order valence-corrected chi connectivity index (χ0v) is 15.8. The van der Waals surface area contributed by atoms with Crippen LogP contribution in [0.3, 0.4) is 0 Å². The molecule has 0 radical (unpaired) electrons. The third-order valence-electron chi connectivity index (χ3n) is 3.40. The standard InChI is InChI=1S/C13H23BrN2O2S2/c1-9(13(2,3)4)7-16-20(17,18)11-6-10(8-15-5)19-12(11)14/h6,9,15-16H,7-8H2,1-5H3. The zero-order valence-electron chi connectivity index (χ0n) is 12.6. The van der Waals surface area contributed by atoms with E-state index in [0.717, 1.165) is 4.88 Å². The van der Waals surface area contributed by atoms with Gasteiger partial charge in [-0.15, -0.1) is 11.3 Å². The van der Waals surface area contributed by atoms with Gasteiger partial charge in [-0.3, -0.25) is 0 Å². The molecular formula is C13H23BrN2O2S2. The number of sulfonamides is 1. The lowest BCUT2D eigenvalue weighted by atomic mass is 9.82. The van der Waals surface area contributed by atoms with Crippen LogP contribution in [0.25, 0.3) is 0 Å². The van der Waals surface area contributed by atoms with Crippen LogP contribution in [0.1, 0.15) is 32.6 Å². The molecule has 1 unspecified atom stereocenters. The summed E-state index contributed by atoms with van der Waals surface area (Å²) in [6.45, 7) is 9.48. The Labute approximate surface area is 134 Å². The normalized spacial score (nSPS) is 14.5. The summed E-state index contributed by atoms with van der Waals surface area (Å²) in [5, 5.41) is 3.02. The first-order valence-corrected chi connectivity index (χ1v) is 9.59. The second-order valence-electron chi connectivity index (χ2n) is 6.00. The highest BCUT2D eigenvalue weighted by molar-refractivity contribution is 9.11. The van der Waals surface area contributed by atoms with Gasteiger partial charge in [-0.1, -0.05) is 27.7 Å². The zero-order chi connectivity index (χ0) is 15.6. The van der Waals surface area contributed by atoms with Crippen molar-refractivity contribution in [2.24, 2.45) is 11.3 Å². The molecule has 0 spiro atoms.